The molecule has 0 aliphatic carbocycles. The van der Waals surface area contributed by atoms with Crippen LogP contribution in [0.3, 0.4) is 0 Å². The van der Waals surface area contributed by atoms with Gasteiger partial charge in [-0.15, -0.1) is 0 Å². The Balaban J connectivity index is 1.44. The second-order valence-electron chi connectivity index (χ2n) is 8.66. The number of carbonyl (C=O) groups is 2. The minimum absolute atomic E-state index is 0.110. The second-order valence-corrected chi connectivity index (χ2v) is 8.66. The number of urea groups is 1. The molecule has 1 spiro atoms. The van der Waals surface area contributed by atoms with Crippen molar-refractivity contribution in [1.82, 2.24) is 19.7 Å². The third kappa shape index (κ3) is 4.83. The molecule has 3 amide bonds. The van der Waals surface area contributed by atoms with Crippen LogP contribution >= 0.6 is 0 Å². The molecule has 0 radical (unpaired) electrons. The number of imide groups is 1. The van der Waals surface area contributed by atoms with Crippen molar-refractivity contribution >= 4 is 18.0 Å². The summed E-state index contributed by atoms with van der Waals surface area (Å²) in [5.41, 5.74) is 1.07. The maximum Gasteiger partial charge on any atom is 0.328 e. The number of ether oxygens (including phenoxy) is 2. The highest BCUT2D eigenvalue weighted by Crippen LogP contribution is 2.38. The largest absolute Gasteiger partial charge is 0.496 e. The number of carbonyl (C=O) groups excluding carboxylic acids is 2. The van der Waals surface area contributed by atoms with E-state index in [1.165, 1.54) is 4.90 Å². The Morgan fingerprint density at radius 3 is 2.59 bits per heavy atom. The van der Waals surface area contributed by atoms with E-state index in [4.69, 9.17) is 9.47 Å². The fourth-order valence-electron chi connectivity index (χ4n) is 4.81. The van der Waals surface area contributed by atoms with E-state index >= 15 is 0 Å². The fraction of sp³-hybridized carbons (Fsp3) is 0.423. The van der Waals surface area contributed by atoms with Crippen LogP contribution in [0.1, 0.15) is 24.0 Å². The molecule has 0 bridgehead atoms. The second kappa shape index (κ2) is 10.8. The molecule has 0 atom stereocenters. The summed E-state index contributed by atoms with van der Waals surface area (Å²) < 4.78 is 10.7. The number of benzene rings is 1. The van der Waals surface area contributed by atoms with Crippen LogP contribution < -0.4 is 4.74 Å². The number of amides is 3. The summed E-state index contributed by atoms with van der Waals surface area (Å²) in [5, 5.41) is 0. The first kappa shape index (κ1) is 23.9. The number of pyridine rings is 1. The van der Waals surface area contributed by atoms with E-state index in [1.807, 2.05) is 36.4 Å². The SMILES string of the molecule is COCCN1C(=O)N(Cc2cccnc2)C(=O)C12CCN(C/C=C/c1ccccc1OC)CC2. The third-order valence-electron chi connectivity index (χ3n) is 6.69. The van der Waals surface area contributed by atoms with E-state index < -0.39 is 5.54 Å². The minimum Gasteiger partial charge on any atom is -0.496 e. The van der Waals surface area contributed by atoms with Crippen molar-refractivity contribution in [3.63, 3.8) is 0 Å². The molecule has 0 unspecified atom stereocenters. The standard InChI is InChI=1S/C26H32N4O4/c1-33-18-17-30-25(32)29(20-21-7-5-13-27-19-21)24(31)26(30)11-15-28(16-12-26)14-6-9-22-8-3-4-10-23(22)34-2/h3-10,13,19H,11-12,14-18,20H2,1-2H3/b9-6+. The van der Waals surface area contributed by atoms with Gasteiger partial charge in [-0.3, -0.25) is 19.6 Å². The van der Waals surface area contributed by atoms with E-state index in [1.54, 1.807) is 31.5 Å². The van der Waals surface area contributed by atoms with Gasteiger partial charge in [0.1, 0.15) is 11.3 Å². The van der Waals surface area contributed by atoms with E-state index in [0.29, 0.717) is 26.0 Å². The summed E-state index contributed by atoms with van der Waals surface area (Å²) in [5.74, 6) is 0.732. The Kier molecular flexibility index (Phi) is 7.59. The summed E-state index contributed by atoms with van der Waals surface area (Å²) in [6.45, 7) is 3.28. The number of nitrogens with zero attached hydrogens (tertiary/aromatic N) is 4. The number of likely N-dealkylation sites (tertiary alicyclic amines) is 1. The van der Waals surface area contributed by atoms with Gasteiger partial charge in [-0.05, 0) is 30.5 Å². The Bertz CT molecular complexity index is 1020. The van der Waals surface area contributed by atoms with Crippen LogP contribution in [0.2, 0.25) is 0 Å². The van der Waals surface area contributed by atoms with Crippen molar-refractivity contribution in [2.75, 3.05) is 47.0 Å². The highest BCUT2D eigenvalue weighted by molar-refractivity contribution is 6.07. The van der Waals surface area contributed by atoms with Gasteiger partial charge in [-0.25, -0.2) is 4.79 Å². The van der Waals surface area contributed by atoms with Crippen LogP contribution in [0.4, 0.5) is 4.79 Å². The molecule has 8 heteroatoms. The van der Waals surface area contributed by atoms with Crippen LogP contribution in [0.25, 0.3) is 6.08 Å². The third-order valence-corrected chi connectivity index (χ3v) is 6.69. The van der Waals surface area contributed by atoms with Gasteiger partial charge in [-0.2, -0.15) is 0 Å². The first-order chi connectivity index (χ1) is 16.6. The molecule has 1 aromatic heterocycles. The van der Waals surface area contributed by atoms with Gasteiger partial charge >= 0.3 is 6.03 Å². The number of methoxy groups -OCH3 is 2. The highest BCUT2D eigenvalue weighted by atomic mass is 16.5. The maximum atomic E-state index is 13.6. The van der Waals surface area contributed by atoms with E-state index in [9.17, 15) is 9.59 Å². The van der Waals surface area contributed by atoms with E-state index in [2.05, 4.69) is 22.0 Å². The lowest BCUT2D eigenvalue weighted by atomic mass is 9.85. The number of aromatic nitrogens is 1. The lowest BCUT2D eigenvalue weighted by Crippen LogP contribution is -2.57. The summed E-state index contributed by atoms with van der Waals surface area (Å²) in [6, 6.07) is 11.4. The quantitative estimate of drug-likeness (QED) is 0.531. The Hall–Kier alpha value is -3.23. The molecule has 2 aromatic rings. The molecule has 2 saturated heterocycles. The van der Waals surface area contributed by atoms with E-state index in [-0.39, 0.29) is 18.5 Å². The lowest BCUT2D eigenvalue weighted by molar-refractivity contribution is -0.136. The Morgan fingerprint density at radius 2 is 1.88 bits per heavy atom. The molecule has 8 nitrogen and oxygen atoms in total. The molecule has 2 aliphatic rings. The average Bonchev–Trinajstić information content (AvgIpc) is 3.06. The molecule has 2 aliphatic heterocycles. The molecule has 2 fully saturated rings. The van der Waals surface area contributed by atoms with Gasteiger partial charge in [0.25, 0.3) is 5.91 Å². The van der Waals surface area contributed by atoms with Crippen LogP contribution in [-0.2, 0) is 16.1 Å². The fourth-order valence-corrected chi connectivity index (χ4v) is 4.81. The van der Waals surface area contributed by atoms with Crippen molar-refractivity contribution in [3.8, 4) is 5.75 Å². The van der Waals surface area contributed by atoms with Crippen LogP contribution in [-0.4, -0.2) is 84.2 Å². The molecule has 1 aromatic carbocycles. The number of rotatable bonds is 9. The predicted octanol–water partition coefficient (Wildman–Crippen LogP) is 3.05. The zero-order valence-corrected chi connectivity index (χ0v) is 19.9. The molecular formula is C26H32N4O4. The highest BCUT2D eigenvalue weighted by Gasteiger charge is 2.57. The van der Waals surface area contributed by atoms with Crippen molar-refractivity contribution in [2.45, 2.75) is 24.9 Å². The molecular weight excluding hydrogens is 432 g/mol. The maximum absolute atomic E-state index is 13.6. The van der Waals surface area contributed by atoms with Crippen LogP contribution in [0, 0.1) is 0 Å². The average molecular weight is 465 g/mol. The zero-order valence-electron chi connectivity index (χ0n) is 19.9. The minimum atomic E-state index is -0.805. The lowest BCUT2D eigenvalue weighted by Gasteiger charge is -2.42. The molecule has 4 rings (SSSR count). The van der Waals surface area contributed by atoms with E-state index in [0.717, 1.165) is 36.5 Å². The predicted molar refractivity (Wildman–Crippen MR) is 129 cm³/mol. The van der Waals surface area contributed by atoms with Gasteiger partial charge < -0.3 is 14.4 Å². The number of hydrogen-bond donors (Lipinski definition) is 0. The van der Waals surface area contributed by atoms with Crippen molar-refractivity contribution in [1.29, 1.82) is 0 Å². The van der Waals surface area contributed by atoms with Gasteiger partial charge in [-0.1, -0.05) is 36.4 Å². The zero-order chi connectivity index (χ0) is 24.0. The topological polar surface area (TPSA) is 75.2 Å². The summed E-state index contributed by atoms with van der Waals surface area (Å²) in [7, 11) is 3.28. The van der Waals surface area contributed by atoms with Crippen LogP contribution in [0.15, 0.2) is 54.9 Å². The van der Waals surface area contributed by atoms with Crippen LogP contribution in [0.5, 0.6) is 5.75 Å². The molecule has 0 saturated carbocycles. The summed E-state index contributed by atoms with van der Waals surface area (Å²) in [4.78, 5) is 36.4. The molecule has 0 N–H and O–H groups in total. The normalized spacial score (nSPS) is 18.4. The smallest absolute Gasteiger partial charge is 0.328 e. The molecule has 34 heavy (non-hydrogen) atoms. The monoisotopic (exact) mass is 464 g/mol. The summed E-state index contributed by atoms with van der Waals surface area (Å²) >= 11 is 0. The van der Waals surface area contributed by atoms with Crippen molar-refractivity contribution < 1.29 is 19.1 Å². The Morgan fingerprint density at radius 1 is 1.09 bits per heavy atom. The van der Waals surface area contributed by atoms with Gasteiger partial charge in [0.05, 0.1) is 20.3 Å². The first-order valence-electron chi connectivity index (χ1n) is 11.6. The molecule has 180 valence electrons. The summed E-state index contributed by atoms with van der Waals surface area (Å²) in [6.07, 6.45) is 8.77. The molecule has 3 heterocycles. The first-order valence-corrected chi connectivity index (χ1v) is 11.6. The number of para-hydroxylation sites is 1. The Labute approximate surface area is 200 Å². The van der Waals surface area contributed by atoms with Crippen molar-refractivity contribution in [3.05, 3.63) is 66.0 Å². The van der Waals surface area contributed by atoms with Gasteiger partial charge in [0, 0.05) is 51.2 Å². The van der Waals surface area contributed by atoms with Gasteiger partial charge in [0.2, 0.25) is 0 Å². The number of piperidine rings is 1. The number of hydrogen-bond acceptors (Lipinski definition) is 6. The van der Waals surface area contributed by atoms with Crippen molar-refractivity contribution in [2.24, 2.45) is 0 Å². The van der Waals surface area contributed by atoms with Gasteiger partial charge in [0.15, 0.2) is 0 Å².